The van der Waals surface area contributed by atoms with E-state index in [1.165, 1.54) is 19.3 Å². The van der Waals surface area contributed by atoms with E-state index in [1.807, 2.05) is 24.3 Å². The predicted octanol–water partition coefficient (Wildman–Crippen LogP) is 4.22. The number of rotatable bonds is 4. The molecule has 1 fully saturated rings. The summed E-state index contributed by atoms with van der Waals surface area (Å²) in [4.78, 5) is 0. The van der Waals surface area contributed by atoms with Crippen LogP contribution in [0.15, 0.2) is 24.3 Å². The van der Waals surface area contributed by atoms with Crippen LogP contribution in [-0.4, -0.2) is 12.6 Å². The van der Waals surface area contributed by atoms with Crippen LogP contribution in [0.2, 0.25) is 0 Å². The van der Waals surface area contributed by atoms with E-state index in [1.54, 1.807) is 0 Å². The number of anilines is 1. The van der Waals surface area contributed by atoms with E-state index >= 15 is 0 Å². The van der Waals surface area contributed by atoms with Crippen LogP contribution in [0.5, 0.6) is 5.75 Å². The van der Waals surface area contributed by atoms with Crippen molar-refractivity contribution in [2.45, 2.75) is 46.1 Å². The van der Waals surface area contributed by atoms with Crippen molar-refractivity contribution < 1.29 is 4.74 Å². The minimum Gasteiger partial charge on any atom is -0.479 e. The van der Waals surface area contributed by atoms with E-state index in [0.717, 1.165) is 11.4 Å². The van der Waals surface area contributed by atoms with E-state index in [9.17, 15) is 0 Å². The zero-order chi connectivity index (χ0) is 14.6. The molecular weight excluding hydrogens is 248 g/mol. The van der Waals surface area contributed by atoms with Gasteiger partial charge in [-0.25, -0.2) is 0 Å². The molecule has 20 heavy (non-hydrogen) atoms. The molecule has 1 aromatic carbocycles. The van der Waals surface area contributed by atoms with Crippen LogP contribution in [0, 0.1) is 22.7 Å². The molecule has 0 amide bonds. The van der Waals surface area contributed by atoms with Crippen molar-refractivity contribution in [1.82, 2.24) is 0 Å². The minimum absolute atomic E-state index is 0.0947. The second kappa shape index (κ2) is 6.17. The topological polar surface area (TPSA) is 45.0 Å². The third-order valence-electron chi connectivity index (χ3n) is 4.18. The molecule has 2 atom stereocenters. The molecule has 1 aliphatic carbocycles. The van der Waals surface area contributed by atoms with Crippen LogP contribution in [0.1, 0.15) is 40.0 Å². The molecule has 0 aromatic heterocycles. The first-order valence-electron chi connectivity index (χ1n) is 7.36. The zero-order valence-electron chi connectivity index (χ0n) is 12.6. The highest BCUT2D eigenvalue weighted by Gasteiger charge is 2.32. The Hall–Kier alpha value is -1.69. The number of hydrogen-bond acceptors (Lipinski definition) is 3. The first-order valence-corrected chi connectivity index (χ1v) is 7.36. The van der Waals surface area contributed by atoms with Gasteiger partial charge in [0, 0.05) is 17.8 Å². The van der Waals surface area contributed by atoms with Gasteiger partial charge in [-0.2, -0.15) is 5.26 Å². The fourth-order valence-corrected chi connectivity index (χ4v) is 3.17. The van der Waals surface area contributed by atoms with Gasteiger partial charge in [0.15, 0.2) is 6.61 Å². The van der Waals surface area contributed by atoms with Crippen molar-refractivity contribution in [1.29, 1.82) is 5.26 Å². The molecule has 3 heteroatoms. The van der Waals surface area contributed by atoms with Gasteiger partial charge in [-0.3, -0.25) is 0 Å². The summed E-state index contributed by atoms with van der Waals surface area (Å²) in [5, 5.41) is 12.2. The lowest BCUT2D eigenvalue weighted by molar-refractivity contribution is 0.177. The Kier molecular flexibility index (Phi) is 4.54. The van der Waals surface area contributed by atoms with Gasteiger partial charge in [-0.1, -0.05) is 26.8 Å². The van der Waals surface area contributed by atoms with E-state index < -0.39 is 0 Å². The number of ether oxygens (including phenoxy) is 1. The maximum Gasteiger partial charge on any atom is 0.174 e. The van der Waals surface area contributed by atoms with Crippen LogP contribution in [-0.2, 0) is 0 Å². The molecule has 0 heterocycles. The molecule has 1 aromatic rings. The van der Waals surface area contributed by atoms with Crippen LogP contribution in [0.4, 0.5) is 5.69 Å². The van der Waals surface area contributed by atoms with E-state index in [4.69, 9.17) is 10.00 Å². The standard InChI is InChI=1S/C17H24N2O/c1-13-12-17(2,3)8-7-16(13)19-14-5-4-6-15(11-14)20-10-9-18/h4-6,11,13,16,19H,7-8,10,12H2,1-3H3. The highest BCUT2D eigenvalue weighted by Crippen LogP contribution is 2.39. The van der Waals surface area contributed by atoms with Crippen LogP contribution < -0.4 is 10.1 Å². The van der Waals surface area contributed by atoms with Crippen molar-refractivity contribution in [3.63, 3.8) is 0 Å². The Morgan fingerprint density at radius 2 is 2.25 bits per heavy atom. The smallest absolute Gasteiger partial charge is 0.174 e. The highest BCUT2D eigenvalue weighted by molar-refractivity contribution is 5.49. The third-order valence-corrected chi connectivity index (χ3v) is 4.18. The van der Waals surface area contributed by atoms with Crippen molar-refractivity contribution in [2.75, 3.05) is 11.9 Å². The Labute approximate surface area is 121 Å². The second-order valence-corrected chi connectivity index (χ2v) is 6.61. The molecule has 2 unspecified atom stereocenters. The average Bonchev–Trinajstić information content (AvgIpc) is 2.40. The number of hydrogen-bond donors (Lipinski definition) is 1. The maximum absolute atomic E-state index is 8.55. The predicted molar refractivity (Wildman–Crippen MR) is 81.8 cm³/mol. The summed E-state index contributed by atoms with van der Waals surface area (Å²) in [5.41, 5.74) is 1.55. The van der Waals surface area contributed by atoms with Crippen molar-refractivity contribution in [2.24, 2.45) is 11.3 Å². The molecule has 1 aliphatic rings. The van der Waals surface area contributed by atoms with Gasteiger partial charge >= 0.3 is 0 Å². The van der Waals surface area contributed by atoms with Crippen LogP contribution in [0.25, 0.3) is 0 Å². The first kappa shape index (κ1) is 14.7. The lowest BCUT2D eigenvalue weighted by Crippen LogP contribution is -2.36. The lowest BCUT2D eigenvalue weighted by atomic mass is 9.70. The quantitative estimate of drug-likeness (QED) is 0.892. The summed E-state index contributed by atoms with van der Waals surface area (Å²) in [6, 6.07) is 10.4. The molecule has 0 aliphatic heterocycles. The number of nitrogens with one attached hydrogen (secondary N) is 1. The van der Waals surface area contributed by atoms with Gasteiger partial charge in [-0.05, 0) is 42.7 Å². The first-order chi connectivity index (χ1) is 9.50. The van der Waals surface area contributed by atoms with Gasteiger partial charge in [-0.15, -0.1) is 0 Å². The van der Waals surface area contributed by atoms with E-state index in [2.05, 4.69) is 32.2 Å². The fourth-order valence-electron chi connectivity index (χ4n) is 3.17. The monoisotopic (exact) mass is 272 g/mol. The van der Waals surface area contributed by atoms with Gasteiger partial charge in [0.05, 0.1) is 0 Å². The SMILES string of the molecule is CC1CC(C)(C)CCC1Nc1cccc(OCC#N)c1. The minimum atomic E-state index is 0.0947. The van der Waals surface area contributed by atoms with Gasteiger partial charge in [0.25, 0.3) is 0 Å². The number of nitrogens with zero attached hydrogens (tertiary/aromatic N) is 1. The molecule has 0 saturated heterocycles. The highest BCUT2D eigenvalue weighted by atomic mass is 16.5. The number of nitriles is 1. The summed E-state index contributed by atoms with van der Waals surface area (Å²) in [6.45, 7) is 7.14. The maximum atomic E-state index is 8.55. The molecular formula is C17H24N2O. The molecule has 0 spiro atoms. The second-order valence-electron chi connectivity index (χ2n) is 6.61. The Balaban J connectivity index is 1.98. The fraction of sp³-hybridized carbons (Fsp3) is 0.588. The van der Waals surface area contributed by atoms with Gasteiger partial charge < -0.3 is 10.1 Å². The van der Waals surface area contributed by atoms with Crippen molar-refractivity contribution >= 4 is 5.69 Å². The summed E-state index contributed by atoms with van der Waals surface area (Å²) in [5.74, 6) is 1.42. The normalized spacial score (nSPS) is 24.7. The third kappa shape index (κ3) is 3.90. The molecule has 1 saturated carbocycles. The van der Waals surface area contributed by atoms with Crippen LogP contribution >= 0.6 is 0 Å². The largest absolute Gasteiger partial charge is 0.479 e. The van der Waals surface area contributed by atoms with Gasteiger partial charge in [0.1, 0.15) is 11.8 Å². The summed E-state index contributed by atoms with van der Waals surface area (Å²) < 4.78 is 5.34. The molecule has 1 N–H and O–H groups in total. The van der Waals surface area contributed by atoms with Gasteiger partial charge in [0.2, 0.25) is 0 Å². The molecule has 0 radical (unpaired) electrons. The summed E-state index contributed by atoms with van der Waals surface area (Å²) >= 11 is 0. The molecule has 108 valence electrons. The van der Waals surface area contributed by atoms with E-state index in [-0.39, 0.29) is 6.61 Å². The number of benzene rings is 1. The Morgan fingerprint density at radius 1 is 1.45 bits per heavy atom. The zero-order valence-corrected chi connectivity index (χ0v) is 12.6. The van der Waals surface area contributed by atoms with E-state index in [0.29, 0.717) is 17.4 Å². The lowest BCUT2D eigenvalue weighted by Gasteiger charge is -2.40. The summed E-state index contributed by atoms with van der Waals surface area (Å²) in [7, 11) is 0. The molecule has 3 nitrogen and oxygen atoms in total. The Morgan fingerprint density at radius 3 is 2.95 bits per heavy atom. The van der Waals surface area contributed by atoms with Crippen molar-refractivity contribution in [3.05, 3.63) is 24.3 Å². The summed E-state index contributed by atoms with van der Waals surface area (Å²) in [6.07, 6.45) is 3.73. The average molecular weight is 272 g/mol. The van der Waals surface area contributed by atoms with Crippen LogP contribution in [0.3, 0.4) is 0 Å². The molecule has 2 rings (SSSR count). The van der Waals surface area contributed by atoms with Crippen molar-refractivity contribution in [3.8, 4) is 11.8 Å². The molecule has 0 bridgehead atoms. The Bertz CT molecular complexity index is 490.